The maximum atomic E-state index is 12.3. The van der Waals surface area contributed by atoms with Crippen LogP contribution in [-0.4, -0.2) is 19.1 Å². The van der Waals surface area contributed by atoms with Crippen LogP contribution in [0.4, 0.5) is 11.4 Å². The molecule has 0 spiro atoms. The molecule has 0 unspecified atom stereocenters. The smallest absolute Gasteiger partial charge is 0.255 e. The van der Waals surface area contributed by atoms with Gasteiger partial charge in [0.05, 0.1) is 6.61 Å². The Hall–Kier alpha value is -2.49. The SMILES string of the molecule is O=C(Nc1ccc2c(c1)CCN2)c1ccc2c(c1)CCO2. The van der Waals surface area contributed by atoms with Crippen LogP contribution in [0.1, 0.15) is 21.5 Å². The van der Waals surface area contributed by atoms with Crippen molar-refractivity contribution in [2.75, 3.05) is 23.8 Å². The number of amides is 1. The Kier molecular flexibility index (Phi) is 2.81. The van der Waals surface area contributed by atoms with Crippen molar-refractivity contribution < 1.29 is 9.53 Å². The van der Waals surface area contributed by atoms with Crippen LogP contribution in [0.2, 0.25) is 0 Å². The molecule has 2 heterocycles. The van der Waals surface area contributed by atoms with E-state index in [0.29, 0.717) is 12.2 Å². The Bertz CT molecular complexity index is 725. The van der Waals surface area contributed by atoms with Gasteiger partial charge in [-0.1, -0.05) is 0 Å². The molecule has 2 aromatic carbocycles. The number of ether oxygens (including phenoxy) is 1. The van der Waals surface area contributed by atoms with Crippen molar-refractivity contribution in [2.45, 2.75) is 12.8 Å². The molecule has 4 rings (SSSR count). The Labute approximate surface area is 123 Å². The second kappa shape index (κ2) is 4.81. The summed E-state index contributed by atoms with van der Waals surface area (Å²) in [5.74, 6) is 0.825. The van der Waals surface area contributed by atoms with Crippen molar-refractivity contribution in [1.29, 1.82) is 0 Å². The first-order chi connectivity index (χ1) is 10.3. The molecule has 0 atom stereocenters. The minimum atomic E-state index is -0.0735. The van der Waals surface area contributed by atoms with Gasteiger partial charge in [-0.2, -0.15) is 0 Å². The fraction of sp³-hybridized carbons (Fsp3) is 0.235. The monoisotopic (exact) mass is 280 g/mol. The Morgan fingerprint density at radius 1 is 1.10 bits per heavy atom. The van der Waals surface area contributed by atoms with Crippen LogP contribution >= 0.6 is 0 Å². The van der Waals surface area contributed by atoms with Crippen molar-refractivity contribution in [1.82, 2.24) is 0 Å². The van der Waals surface area contributed by atoms with Gasteiger partial charge in [0.2, 0.25) is 0 Å². The third-order valence-corrected chi connectivity index (χ3v) is 4.02. The molecule has 0 fully saturated rings. The highest BCUT2D eigenvalue weighted by atomic mass is 16.5. The fourth-order valence-electron chi connectivity index (χ4n) is 2.91. The molecule has 4 heteroatoms. The van der Waals surface area contributed by atoms with Gasteiger partial charge in [-0.05, 0) is 53.9 Å². The molecule has 21 heavy (non-hydrogen) atoms. The molecule has 0 bridgehead atoms. The van der Waals surface area contributed by atoms with Crippen molar-refractivity contribution in [3.63, 3.8) is 0 Å². The summed E-state index contributed by atoms with van der Waals surface area (Å²) in [7, 11) is 0. The van der Waals surface area contributed by atoms with Crippen molar-refractivity contribution in [3.8, 4) is 5.75 Å². The summed E-state index contributed by atoms with van der Waals surface area (Å²) >= 11 is 0. The van der Waals surface area contributed by atoms with Crippen LogP contribution in [0.15, 0.2) is 36.4 Å². The number of carbonyl (C=O) groups excluding carboxylic acids is 1. The van der Waals surface area contributed by atoms with Gasteiger partial charge >= 0.3 is 0 Å². The minimum absolute atomic E-state index is 0.0735. The summed E-state index contributed by atoms with van der Waals surface area (Å²) < 4.78 is 5.46. The van der Waals surface area contributed by atoms with Gasteiger partial charge in [-0.15, -0.1) is 0 Å². The first-order valence-electron chi connectivity index (χ1n) is 7.23. The van der Waals surface area contributed by atoms with Crippen LogP contribution in [0.5, 0.6) is 5.75 Å². The zero-order valence-corrected chi connectivity index (χ0v) is 11.6. The first-order valence-corrected chi connectivity index (χ1v) is 7.23. The summed E-state index contributed by atoms with van der Waals surface area (Å²) in [5.41, 5.74) is 5.07. The van der Waals surface area contributed by atoms with Crippen LogP contribution in [0, 0.1) is 0 Å². The predicted octanol–water partition coefficient (Wildman–Crippen LogP) is 2.84. The summed E-state index contributed by atoms with van der Waals surface area (Å²) in [6, 6.07) is 11.6. The maximum Gasteiger partial charge on any atom is 0.255 e. The lowest BCUT2D eigenvalue weighted by atomic mass is 10.1. The van der Waals surface area contributed by atoms with Crippen LogP contribution in [0.3, 0.4) is 0 Å². The summed E-state index contributed by atoms with van der Waals surface area (Å²) in [6.45, 7) is 1.68. The molecule has 1 amide bonds. The molecule has 0 radical (unpaired) electrons. The van der Waals surface area contributed by atoms with Crippen molar-refractivity contribution in [3.05, 3.63) is 53.1 Å². The summed E-state index contributed by atoms with van der Waals surface area (Å²) in [4.78, 5) is 12.3. The molecule has 2 aliphatic rings. The number of hydrogen-bond acceptors (Lipinski definition) is 3. The Morgan fingerprint density at radius 3 is 3.00 bits per heavy atom. The topological polar surface area (TPSA) is 50.4 Å². The average Bonchev–Trinajstić information content (AvgIpc) is 3.14. The molecule has 0 aromatic heterocycles. The van der Waals surface area contributed by atoms with Gasteiger partial charge in [0.25, 0.3) is 5.91 Å². The largest absolute Gasteiger partial charge is 0.493 e. The number of anilines is 2. The van der Waals surface area contributed by atoms with E-state index in [1.54, 1.807) is 0 Å². The van der Waals surface area contributed by atoms with Gasteiger partial charge in [-0.3, -0.25) is 4.79 Å². The zero-order chi connectivity index (χ0) is 14.2. The molecular weight excluding hydrogens is 264 g/mol. The van der Waals surface area contributed by atoms with E-state index in [1.807, 2.05) is 36.4 Å². The number of nitrogens with one attached hydrogen (secondary N) is 2. The number of carbonyl (C=O) groups is 1. The molecule has 2 aliphatic heterocycles. The lowest BCUT2D eigenvalue weighted by Crippen LogP contribution is -2.12. The zero-order valence-electron chi connectivity index (χ0n) is 11.6. The fourth-order valence-corrected chi connectivity index (χ4v) is 2.91. The van der Waals surface area contributed by atoms with Crippen LogP contribution in [-0.2, 0) is 12.8 Å². The quantitative estimate of drug-likeness (QED) is 0.889. The van der Waals surface area contributed by atoms with Crippen molar-refractivity contribution >= 4 is 17.3 Å². The summed E-state index contributed by atoms with van der Waals surface area (Å²) in [6.07, 6.45) is 1.89. The molecule has 0 aliphatic carbocycles. The number of fused-ring (bicyclic) bond motifs is 2. The lowest BCUT2D eigenvalue weighted by Gasteiger charge is -2.08. The summed E-state index contributed by atoms with van der Waals surface area (Å²) in [5, 5.41) is 6.29. The van der Waals surface area contributed by atoms with Crippen LogP contribution < -0.4 is 15.4 Å². The molecule has 0 saturated heterocycles. The lowest BCUT2D eigenvalue weighted by molar-refractivity contribution is 0.102. The normalized spacial score (nSPS) is 14.9. The molecule has 2 aromatic rings. The second-order valence-corrected chi connectivity index (χ2v) is 5.42. The van der Waals surface area contributed by atoms with E-state index in [9.17, 15) is 4.79 Å². The number of benzene rings is 2. The van der Waals surface area contributed by atoms with E-state index >= 15 is 0 Å². The highest BCUT2D eigenvalue weighted by molar-refractivity contribution is 6.04. The van der Waals surface area contributed by atoms with Crippen molar-refractivity contribution in [2.24, 2.45) is 0 Å². The standard InChI is InChI=1S/C17H16N2O2/c20-17(13-1-4-16-12(9-13)6-8-21-16)19-14-2-3-15-11(10-14)5-7-18-15/h1-4,9-10,18H,5-8H2,(H,19,20). The predicted molar refractivity (Wildman–Crippen MR) is 82.2 cm³/mol. The number of hydrogen-bond donors (Lipinski definition) is 2. The van der Waals surface area contributed by atoms with E-state index < -0.39 is 0 Å². The van der Waals surface area contributed by atoms with Crippen LogP contribution in [0.25, 0.3) is 0 Å². The highest BCUT2D eigenvalue weighted by Gasteiger charge is 2.16. The average molecular weight is 280 g/mol. The minimum Gasteiger partial charge on any atom is -0.493 e. The first kappa shape index (κ1) is 12.3. The molecular formula is C17H16N2O2. The molecule has 2 N–H and O–H groups in total. The molecule has 4 nitrogen and oxygen atoms in total. The van der Waals surface area contributed by atoms with E-state index in [1.165, 1.54) is 11.3 Å². The molecule has 106 valence electrons. The molecule has 0 saturated carbocycles. The van der Waals surface area contributed by atoms with Gasteiger partial charge in [-0.25, -0.2) is 0 Å². The van der Waals surface area contributed by atoms with Gasteiger partial charge in [0.15, 0.2) is 0 Å². The van der Waals surface area contributed by atoms with E-state index in [2.05, 4.69) is 10.6 Å². The Balaban J connectivity index is 1.55. The number of rotatable bonds is 2. The Morgan fingerprint density at radius 2 is 2.05 bits per heavy atom. The van der Waals surface area contributed by atoms with E-state index in [4.69, 9.17) is 4.74 Å². The van der Waals surface area contributed by atoms with E-state index in [0.717, 1.165) is 36.4 Å². The van der Waals surface area contributed by atoms with Gasteiger partial charge < -0.3 is 15.4 Å². The van der Waals surface area contributed by atoms with Gasteiger partial charge in [0, 0.05) is 29.9 Å². The second-order valence-electron chi connectivity index (χ2n) is 5.42. The van der Waals surface area contributed by atoms with E-state index in [-0.39, 0.29) is 5.91 Å². The third kappa shape index (κ3) is 2.23. The highest BCUT2D eigenvalue weighted by Crippen LogP contribution is 2.27. The maximum absolute atomic E-state index is 12.3. The third-order valence-electron chi connectivity index (χ3n) is 4.02. The van der Waals surface area contributed by atoms with Gasteiger partial charge in [0.1, 0.15) is 5.75 Å².